The maximum absolute atomic E-state index is 12.1. The van der Waals surface area contributed by atoms with Crippen molar-refractivity contribution in [2.45, 2.75) is 0 Å². The van der Waals surface area contributed by atoms with E-state index in [2.05, 4.69) is 10.3 Å². The van der Waals surface area contributed by atoms with Crippen molar-refractivity contribution in [3.8, 4) is 0 Å². The molecule has 0 radical (unpaired) electrons. The number of sulfone groups is 1. The van der Waals surface area contributed by atoms with Gasteiger partial charge < -0.3 is 11.1 Å². The SMILES string of the molecule is CS(=O)(=O)CCNC(=O)c1cnc(N)c2ccccc12. The lowest BCUT2D eigenvalue weighted by Gasteiger charge is -2.08. The zero-order valence-corrected chi connectivity index (χ0v) is 11.8. The molecule has 1 aromatic heterocycles. The first-order chi connectivity index (χ1) is 9.38. The summed E-state index contributed by atoms with van der Waals surface area (Å²) in [5.41, 5.74) is 6.14. The number of amides is 1. The molecule has 2 aromatic rings. The van der Waals surface area contributed by atoms with Gasteiger partial charge in [-0.05, 0) is 5.39 Å². The lowest BCUT2D eigenvalue weighted by atomic mass is 10.1. The van der Waals surface area contributed by atoms with Gasteiger partial charge in [-0.2, -0.15) is 0 Å². The molecule has 0 atom stereocenters. The summed E-state index contributed by atoms with van der Waals surface area (Å²) in [5.74, 6) is -0.107. The van der Waals surface area contributed by atoms with Crippen LogP contribution in [0.1, 0.15) is 10.4 Å². The highest BCUT2D eigenvalue weighted by atomic mass is 32.2. The summed E-state index contributed by atoms with van der Waals surface area (Å²) >= 11 is 0. The van der Waals surface area contributed by atoms with E-state index in [9.17, 15) is 13.2 Å². The second-order valence-corrected chi connectivity index (χ2v) is 6.75. The Labute approximate surface area is 116 Å². The molecule has 2 rings (SSSR count). The Balaban J connectivity index is 2.25. The molecule has 0 spiro atoms. The van der Waals surface area contributed by atoms with Crippen molar-refractivity contribution in [3.05, 3.63) is 36.0 Å². The standard InChI is InChI=1S/C13H15N3O3S/c1-20(18,19)7-6-15-13(17)11-8-16-12(14)10-5-3-2-4-9(10)11/h2-5,8H,6-7H2,1H3,(H2,14,16)(H,15,17). The minimum absolute atomic E-state index is 0.0658. The maximum Gasteiger partial charge on any atom is 0.253 e. The molecule has 0 unspecified atom stereocenters. The highest BCUT2D eigenvalue weighted by Gasteiger charge is 2.12. The highest BCUT2D eigenvalue weighted by molar-refractivity contribution is 7.90. The Kier molecular flexibility index (Phi) is 3.89. The fraction of sp³-hybridized carbons (Fsp3) is 0.231. The van der Waals surface area contributed by atoms with Crippen LogP contribution in [0.5, 0.6) is 0 Å². The van der Waals surface area contributed by atoms with E-state index in [4.69, 9.17) is 5.73 Å². The molecule has 0 saturated carbocycles. The van der Waals surface area contributed by atoms with Crippen LogP contribution >= 0.6 is 0 Å². The third-order valence-corrected chi connectivity index (χ3v) is 3.77. The number of rotatable bonds is 4. The van der Waals surface area contributed by atoms with E-state index in [-0.39, 0.29) is 18.2 Å². The number of hydrogen-bond donors (Lipinski definition) is 2. The van der Waals surface area contributed by atoms with Crippen LogP contribution in [0.2, 0.25) is 0 Å². The Bertz CT molecular complexity index is 757. The summed E-state index contributed by atoms with van der Waals surface area (Å²) in [7, 11) is -3.10. The van der Waals surface area contributed by atoms with Crippen LogP contribution in [0, 0.1) is 0 Å². The summed E-state index contributed by atoms with van der Waals surface area (Å²) in [6.45, 7) is 0.0658. The molecule has 0 saturated heterocycles. The fourth-order valence-corrected chi connectivity index (χ4v) is 2.31. The van der Waals surface area contributed by atoms with Crippen molar-refractivity contribution in [2.24, 2.45) is 0 Å². The van der Waals surface area contributed by atoms with Gasteiger partial charge in [-0.25, -0.2) is 13.4 Å². The van der Waals surface area contributed by atoms with Crippen molar-refractivity contribution in [1.82, 2.24) is 10.3 Å². The average molecular weight is 293 g/mol. The van der Waals surface area contributed by atoms with Gasteiger partial charge in [-0.15, -0.1) is 0 Å². The molecule has 106 valence electrons. The van der Waals surface area contributed by atoms with Crippen molar-refractivity contribution < 1.29 is 13.2 Å². The molecule has 20 heavy (non-hydrogen) atoms. The molecule has 0 bridgehead atoms. The third-order valence-electron chi connectivity index (χ3n) is 2.83. The number of benzene rings is 1. The van der Waals surface area contributed by atoms with Gasteiger partial charge >= 0.3 is 0 Å². The minimum Gasteiger partial charge on any atom is -0.383 e. The number of aromatic nitrogens is 1. The minimum atomic E-state index is -3.10. The summed E-state index contributed by atoms with van der Waals surface area (Å²) < 4.78 is 22.1. The van der Waals surface area contributed by atoms with Gasteiger partial charge in [0.2, 0.25) is 0 Å². The molecule has 1 heterocycles. The van der Waals surface area contributed by atoms with Crippen molar-refractivity contribution in [1.29, 1.82) is 0 Å². The van der Waals surface area contributed by atoms with E-state index in [1.165, 1.54) is 6.20 Å². The van der Waals surface area contributed by atoms with Crippen LogP contribution in [-0.4, -0.2) is 37.9 Å². The quantitative estimate of drug-likeness (QED) is 0.859. The lowest BCUT2D eigenvalue weighted by molar-refractivity contribution is 0.0957. The molecule has 3 N–H and O–H groups in total. The van der Waals surface area contributed by atoms with Crippen LogP contribution in [0.4, 0.5) is 5.82 Å². The number of nitrogen functional groups attached to an aromatic ring is 1. The Morgan fingerprint density at radius 2 is 1.95 bits per heavy atom. The second-order valence-electron chi connectivity index (χ2n) is 4.49. The van der Waals surface area contributed by atoms with E-state index < -0.39 is 9.84 Å². The zero-order chi connectivity index (χ0) is 14.8. The Morgan fingerprint density at radius 1 is 1.30 bits per heavy atom. The van der Waals surface area contributed by atoms with Crippen LogP contribution in [0.3, 0.4) is 0 Å². The Hall–Kier alpha value is -2.15. The summed E-state index contributed by atoms with van der Waals surface area (Å²) in [4.78, 5) is 16.1. The summed E-state index contributed by atoms with van der Waals surface area (Å²) in [6.07, 6.45) is 2.52. The monoisotopic (exact) mass is 293 g/mol. The van der Waals surface area contributed by atoms with Gasteiger partial charge in [0.25, 0.3) is 5.91 Å². The van der Waals surface area contributed by atoms with Gasteiger partial charge in [0.1, 0.15) is 15.7 Å². The second kappa shape index (κ2) is 5.46. The first-order valence-electron chi connectivity index (χ1n) is 5.97. The first kappa shape index (κ1) is 14.3. The smallest absolute Gasteiger partial charge is 0.253 e. The third kappa shape index (κ3) is 3.24. The number of carbonyl (C=O) groups excluding carboxylic acids is 1. The van der Waals surface area contributed by atoms with Gasteiger partial charge in [0.05, 0.1) is 11.3 Å². The largest absolute Gasteiger partial charge is 0.383 e. The van der Waals surface area contributed by atoms with Crippen molar-refractivity contribution >= 4 is 32.3 Å². The van der Waals surface area contributed by atoms with Gasteiger partial charge in [-0.1, -0.05) is 24.3 Å². The average Bonchev–Trinajstić information content (AvgIpc) is 2.38. The molecular weight excluding hydrogens is 278 g/mol. The van der Waals surface area contributed by atoms with Crippen LogP contribution in [-0.2, 0) is 9.84 Å². The highest BCUT2D eigenvalue weighted by Crippen LogP contribution is 2.22. The van der Waals surface area contributed by atoms with Crippen molar-refractivity contribution in [2.75, 3.05) is 24.3 Å². The topological polar surface area (TPSA) is 102 Å². The predicted molar refractivity (Wildman–Crippen MR) is 78.2 cm³/mol. The van der Waals surface area contributed by atoms with Gasteiger partial charge in [0.15, 0.2) is 0 Å². The molecule has 0 aliphatic rings. The van der Waals surface area contributed by atoms with Crippen LogP contribution in [0.15, 0.2) is 30.5 Å². The lowest BCUT2D eigenvalue weighted by Crippen LogP contribution is -2.29. The zero-order valence-electron chi connectivity index (χ0n) is 11.0. The van der Waals surface area contributed by atoms with Crippen molar-refractivity contribution in [3.63, 3.8) is 0 Å². The molecule has 0 aliphatic carbocycles. The molecule has 6 nitrogen and oxygen atoms in total. The fourth-order valence-electron chi connectivity index (χ4n) is 1.84. The van der Waals surface area contributed by atoms with E-state index in [0.717, 1.165) is 6.26 Å². The maximum atomic E-state index is 12.1. The predicted octanol–water partition coefficient (Wildman–Crippen LogP) is 0.591. The number of nitrogens with zero attached hydrogens (tertiary/aromatic N) is 1. The number of hydrogen-bond acceptors (Lipinski definition) is 5. The number of fused-ring (bicyclic) bond motifs is 1. The molecule has 7 heteroatoms. The molecule has 1 amide bonds. The first-order valence-corrected chi connectivity index (χ1v) is 8.03. The number of nitrogens with one attached hydrogen (secondary N) is 1. The number of anilines is 1. The van der Waals surface area contributed by atoms with E-state index in [0.29, 0.717) is 22.2 Å². The van der Waals surface area contributed by atoms with E-state index in [1.54, 1.807) is 18.2 Å². The molecule has 0 aliphatic heterocycles. The number of carbonyl (C=O) groups is 1. The molecule has 0 fully saturated rings. The number of nitrogens with two attached hydrogens (primary N) is 1. The Morgan fingerprint density at radius 3 is 2.60 bits per heavy atom. The van der Waals surface area contributed by atoms with Crippen LogP contribution in [0.25, 0.3) is 10.8 Å². The van der Waals surface area contributed by atoms with Gasteiger partial charge in [-0.3, -0.25) is 4.79 Å². The normalized spacial score (nSPS) is 11.4. The molecule has 1 aromatic carbocycles. The van der Waals surface area contributed by atoms with E-state index >= 15 is 0 Å². The number of pyridine rings is 1. The summed E-state index contributed by atoms with van der Waals surface area (Å²) in [6, 6.07) is 7.17. The summed E-state index contributed by atoms with van der Waals surface area (Å²) in [5, 5.41) is 3.96. The van der Waals surface area contributed by atoms with Crippen LogP contribution < -0.4 is 11.1 Å². The van der Waals surface area contributed by atoms with Gasteiger partial charge in [0, 0.05) is 24.4 Å². The molecular formula is C13H15N3O3S. The van der Waals surface area contributed by atoms with E-state index in [1.807, 2.05) is 6.07 Å².